The summed E-state index contributed by atoms with van der Waals surface area (Å²) in [5.41, 5.74) is 1.13. The fraction of sp³-hybridized carbons (Fsp3) is 0.250. The molecule has 1 heterocycles. The molecule has 0 spiro atoms. The molecule has 0 radical (unpaired) electrons. The summed E-state index contributed by atoms with van der Waals surface area (Å²) in [7, 11) is -7.39. The molecule has 1 fully saturated rings. The van der Waals surface area contributed by atoms with Crippen molar-refractivity contribution in [3.05, 3.63) is 54.1 Å². The lowest BCUT2D eigenvalue weighted by Gasteiger charge is -2.10. The summed E-state index contributed by atoms with van der Waals surface area (Å²) in [6, 6.07) is 12.0. The van der Waals surface area contributed by atoms with Gasteiger partial charge in [0.1, 0.15) is 10.6 Å². The Balaban J connectivity index is 1.76. The summed E-state index contributed by atoms with van der Waals surface area (Å²) in [6.07, 6.45) is 1.06. The minimum absolute atomic E-state index is 0.0577. The average molecular weight is 417 g/mol. The van der Waals surface area contributed by atoms with Crippen molar-refractivity contribution >= 4 is 43.5 Å². The van der Waals surface area contributed by atoms with Gasteiger partial charge in [0.2, 0.25) is 0 Å². The first-order valence-corrected chi connectivity index (χ1v) is 12.7. The number of thioether (sulfide) groups is 2. The van der Waals surface area contributed by atoms with E-state index in [9.17, 15) is 16.8 Å². The van der Waals surface area contributed by atoms with E-state index in [1.165, 1.54) is 24.3 Å². The fourth-order valence-electron chi connectivity index (χ4n) is 2.26. The lowest BCUT2D eigenvalue weighted by Crippen LogP contribution is -2.10. The van der Waals surface area contributed by atoms with Crippen LogP contribution in [0.5, 0.6) is 5.75 Å². The van der Waals surface area contributed by atoms with E-state index in [0.29, 0.717) is 4.58 Å². The molecule has 0 aromatic heterocycles. The lowest BCUT2D eigenvalue weighted by atomic mass is 10.2. The van der Waals surface area contributed by atoms with Gasteiger partial charge >= 0.3 is 10.1 Å². The number of rotatable bonds is 5. The summed E-state index contributed by atoms with van der Waals surface area (Å²) in [6.45, 7) is 0. The maximum atomic E-state index is 12.3. The summed E-state index contributed by atoms with van der Waals surface area (Å²) < 4.78 is 53.1. The molecule has 0 unspecified atom stereocenters. The molecule has 1 saturated heterocycles. The van der Waals surface area contributed by atoms with Crippen LogP contribution in [0.3, 0.4) is 0 Å². The Kier molecular flexibility index (Phi) is 5.38. The predicted octanol–water partition coefficient (Wildman–Crippen LogP) is 3.34. The van der Waals surface area contributed by atoms with Crippen LogP contribution in [-0.2, 0) is 20.0 Å². The molecule has 2 aromatic carbocycles. The lowest BCUT2D eigenvalue weighted by molar-refractivity contribution is 0.486. The Morgan fingerprint density at radius 1 is 0.840 bits per heavy atom. The second-order valence-corrected chi connectivity index (χ2v) is 11.7. The first kappa shape index (κ1) is 18.6. The van der Waals surface area contributed by atoms with Crippen molar-refractivity contribution in [2.75, 3.05) is 17.8 Å². The minimum atomic E-state index is -4.01. The molecular weight excluding hydrogens is 400 g/mol. The van der Waals surface area contributed by atoms with Crippen LogP contribution in [0.2, 0.25) is 0 Å². The molecule has 0 amide bonds. The molecule has 2 aromatic rings. The third kappa shape index (κ3) is 4.52. The largest absolute Gasteiger partial charge is 0.379 e. The minimum Gasteiger partial charge on any atom is -0.379 e. The standard InChI is InChI=1S/C16H16O5S4/c1-24(17,18)14-6-8-15(9-7-14)25(19,20)21-13-4-2-12(3-5-13)16-22-10-11-23-16/h2-9,16H,10-11H2,1H3. The number of sulfone groups is 1. The number of hydrogen-bond donors (Lipinski definition) is 0. The van der Waals surface area contributed by atoms with Crippen molar-refractivity contribution in [3.63, 3.8) is 0 Å². The molecule has 1 aliphatic rings. The van der Waals surface area contributed by atoms with E-state index in [1.807, 2.05) is 35.7 Å². The normalized spacial score (nSPS) is 16.0. The van der Waals surface area contributed by atoms with Gasteiger partial charge in [0.25, 0.3) is 0 Å². The van der Waals surface area contributed by atoms with E-state index in [0.717, 1.165) is 23.3 Å². The van der Waals surface area contributed by atoms with Crippen LogP contribution in [0.15, 0.2) is 58.3 Å². The molecule has 9 heteroatoms. The number of hydrogen-bond acceptors (Lipinski definition) is 7. The van der Waals surface area contributed by atoms with Crippen LogP contribution in [0.1, 0.15) is 10.1 Å². The topological polar surface area (TPSA) is 77.5 Å². The van der Waals surface area contributed by atoms with E-state index in [1.54, 1.807) is 12.1 Å². The predicted molar refractivity (Wildman–Crippen MR) is 101 cm³/mol. The molecular formula is C16H16O5S4. The van der Waals surface area contributed by atoms with Crippen molar-refractivity contribution in [3.8, 4) is 5.75 Å². The van der Waals surface area contributed by atoms with Crippen molar-refractivity contribution in [2.45, 2.75) is 14.4 Å². The average Bonchev–Trinajstić information content (AvgIpc) is 3.09. The third-order valence-corrected chi connectivity index (χ3v) is 9.01. The second kappa shape index (κ2) is 7.22. The molecule has 5 nitrogen and oxygen atoms in total. The van der Waals surface area contributed by atoms with Crippen LogP contribution in [-0.4, -0.2) is 34.6 Å². The molecule has 0 atom stereocenters. The van der Waals surface area contributed by atoms with Gasteiger partial charge in [0.15, 0.2) is 9.84 Å². The van der Waals surface area contributed by atoms with E-state index in [2.05, 4.69) is 0 Å². The van der Waals surface area contributed by atoms with Gasteiger partial charge in [-0.05, 0) is 42.0 Å². The maximum Gasteiger partial charge on any atom is 0.339 e. The van der Waals surface area contributed by atoms with Gasteiger partial charge in [-0.3, -0.25) is 0 Å². The van der Waals surface area contributed by atoms with Crippen molar-refractivity contribution in [2.24, 2.45) is 0 Å². The monoisotopic (exact) mass is 416 g/mol. The summed E-state index contributed by atoms with van der Waals surface area (Å²) in [5, 5.41) is 0. The van der Waals surface area contributed by atoms with Gasteiger partial charge < -0.3 is 4.18 Å². The highest BCUT2D eigenvalue weighted by atomic mass is 32.2. The Hall–Kier alpha value is -1.16. The summed E-state index contributed by atoms with van der Waals surface area (Å²) in [5.74, 6) is 2.46. The van der Waals surface area contributed by atoms with Crippen LogP contribution < -0.4 is 4.18 Å². The first-order chi connectivity index (χ1) is 11.8. The van der Waals surface area contributed by atoms with E-state index >= 15 is 0 Å². The highest BCUT2D eigenvalue weighted by Crippen LogP contribution is 2.45. The Morgan fingerprint density at radius 2 is 1.36 bits per heavy atom. The number of benzene rings is 2. The molecule has 134 valence electrons. The maximum absolute atomic E-state index is 12.3. The van der Waals surface area contributed by atoms with Crippen molar-refractivity contribution in [1.29, 1.82) is 0 Å². The van der Waals surface area contributed by atoms with Crippen LogP contribution in [0.25, 0.3) is 0 Å². The zero-order valence-corrected chi connectivity index (χ0v) is 16.6. The Labute approximate surface area is 156 Å². The fourth-order valence-corrected chi connectivity index (χ4v) is 6.68. The van der Waals surface area contributed by atoms with Crippen molar-refractivity contribution < 1.29 is 21.0 Å². The molecule has 3 rings (SSSR count). The van der Waals surface area contributed by atoms with Gasteiger partial charge in [-0.1, -0.05) is 12.1 Å². The van der Waals surface area contributed by atoms with Gasteiger partial charge in [-0.25, -0.2) is 8.42 Å². The van der Waals surface area contributed by atoms with Crippen LogP contribution in [0.4, 0.5) is 0 Å². The molecule has 0 bridgehead atoms. The SMILES string of the molecule is CS(=O)(=O)c1ccc(S(=O)(=O)Oc2ccc(C3SCCS3)cc2)cc1. The third-order valence-electron chi connectivity index (χ3n) is 3.52. The Bertz CT molecular complexity index is 943. The van der Waals surface area contributed by atoms with E-state index in [-0.39, 0.29) is 15.5 Å². The first-order valence-electron chi connectivity index (χ1n) is 7.33. The molecule has 0 saturated carbocycles. The van der Waals surface area contributed by atoms with Gasteiger partial charge in [-0.2, -0.15) is 8.42 Å². The highest BCUT2D eigenvalue weighted by Gasteiger charge is 2.20. The molecule has 25 heavy (non-hydrogen) atoms. The zero-order chi connectivity index (χ0) is 18.1. The summed E-state index contributed by atoms with van der Waals surface area (Å²) >= 11 is 3.74. The molecule has 1 aliphatic heterocycles. The second-order valence-electron chi connectivity index (χ2n) is 5.42. The quantitative estimate of drug-likeness (QED) is 0.692. The highest BCUT2D eigenvalue weighted by molar-refractivity contribution is 8.19. The van der Waals surface area contributed by atoms with Crippen LogP contribution >= 0.6 is 23.5 Å². The van der Waals surface area contributed by atoms with E-state index in [4.69, 9.17) is 4.18 Å². The zero-order valence-electron chi connectivity index (χ0n) is 13.3. The van der Waals surface area contributed by atoms with Crippen molar-refractivity contribution in [1.82, 2.24) is 0 Å². The smallest absolute Gasteiger partial charge is 0.339 e. The van der Waals surface area contributed by atoms with Gasteiger partial charge in [0, 0.05) is 17.8 Å². The van der Waals surface area contributed by atoms with Gasteiger partial charge in [-0.15, -0.1) is 23.5 Å². The molecule has 0 N–H and O–H groups in total. The van der Waals surface area contributed by atoms with Gasteiger partial charge in [0.05, 0.1) is 9.48 Å². The summed E-state index contributed by atoms with van der Waals surface area (Å²) in [4.78, 5) is -0.0340. The Morgan fingerprint density at radius 3 is 1.88 bits per heavy atom. The molecule has 0 aliphatic carbocycles. The van der Waals surface area contributed by atoms with Crippen LogP contribution in [0, 0.1) is 0 Å². The van der Waals surface area contributed by atoms with E-state index < -0.39 is 20.0 Å².